The fourth-order valence-corrected chi connectivity index (χ4v) is 6.72. The van der Waals surface area contributed by atoms with Gasteiger partial charge in [-0.25, -0.2) is 9.97 Å². The number of ether oxygens (including phenoxy) is 2. The van der Waals surface area contributed by atoms with Gasteiger partial charge < -0.3 is 29.2 Å². The molecule has 0 unspecified atom stereocenters. The second kappa shape index (κ2) is 12.9. The third-order valence-corrected chi connectivity index (χ3v) is 9.32. The minimum Gasteiger partial charge on any atom is -0.496 e. The predicted octanol–water partition coefficient (Wildman–Crippen LogP) is 5.15. The second-order valence-electron chi connectivity index (χ2n) is 12.3. The highest BCUT2D eigenvalue weighted by molar-refractivity contribution is 5.97. The molecule has 5 aromatic rings. The molecule has 1 N–H and O–H groups in total. The van der Waals surface area contributed by atoms with Crippen LogP contribution in [-0.4, -0.2) is 80.5 Å². The molecule has 2 amide bonds. The lowest BCUT2D eigenvalue weighted by Crippen LogP contribution is -2.55. The molecule has 13 nitrogen and oxygen atoms in total. The SMILES string of the molecule is CNc1nc(C(=O)N2Cc3ccccc3OC3(CCN(C(=O)c4ccc5c(c4)ncn5Cc4ccccc4OC)CC3)C2)ccc1[N+](=O)[O-]. The molecule has 1 saturated heterocycles. The Morgan fingerprint density at radius 3 is 2.55 bits per heavy atom. The zero-order valence-corrected chi connectivity index (χ0v) is 27.2. The van der Waals surface area contributed by atoms with Crippen molar-refractivity contribution in [2.45, 2.75) is 31.5 Å². The Morgan fingerprint density at radius 1 is 1.00 bits per heavy atom. The number of anilines is 1. The van der Waals surface area contributed by atoms with E-state index in [-0.39, 0.29) is 42.1 Å². The van der Waals surface area contributed by atoms with Crippen LogP contribution in [0.3, 0.4) is 0 Å². The Labute approximate surface area is 282 Å². The summed E-state index contributed by atoms with van der Waals surface area (Å²) >= 11 is 0. The van der Waals surface area contributed by atoms with Crippen LogP contribution in [0.5, 0.6) is 11.5 Å². The first-order chi connectivity index (χ1) is 23.8. The molecule has 0 bridgehead atoms. The number of likely N-dealkylation sites (tertiary alicyclic amines) is 1. The number of imidazole rings is 1. The second-order valence-corrected chi connectivity index (χ2v) is 12.3. The minimum atomic E-state index is -0.743. The van der Waals surface area contributed by atoms with Gasteiger partial charge in [0.2, 0.25) is 5.82 Å². The molecule has 0 saturated carbocycles. The molecule has 13 heteroatoms. The number of aromatic nitrogens is 3. The lowest BCUT2D eigenvalue weighted by atomic mass is 9.90. The number of para-hydroxylation sites is 2. The summed E-state index contributed by atoms with van der Waals surface area (Å²) in [6, 6.07) is 23.7. The maximum atomic E-state index is 13.9. The first-order valence-electron chi connectivity index (χ1n) is 16.0. The number of piperidine rings is 1. The van der Waals surface area contributed by atoms with Crippen LogP contribution >= 0.6 is 0 Å². The Balaban J connectivity index is 1.09. The van der Waals surface area contributed by atoms with Gasteiger partial charge >= 0.3 is 5.69 Å². The van der Waals surface area contributed by atoms with Gasteiger partial charge in [-0.3, -0.25) is 19.7 Å². The molecule has 2 aliphatic rings. The summed E-state index contributed by atoms with van der Waals surface area (Å²) in [4.78, 5) is 50.9. The van der Waals surface area contributed by atoms with Gasteiger partial charge in [0, 0.05) is 62.3 Å². The third-order valence-electron chi connectivity index (χ3n) is 9.32. The number of fused-ring (bicyclic) bond motifs is 2. The Bertz CT molecular complexity index is 2070. The Hall–Kier alpha value is -5.98. The summed E-state index contributed by atoms with van der Waals surface area (Å²) < 4.78 is 14.2. The van der Waals surface area contributed by atoms with Gasteiger partial charge in [0.25, 0.3) is 11.8 Å². The topological polar surface area (TPSA) is 145 Å². The number of carbonyl (C=O) groups is 2. The summed E-state index contributed by atoms with van der Waals surface area (Å²) in [5.41, 5.74) is 3.22. The first kappa shape index (κ1) is 31.6. The van der Waals surface area contributed by atoms with Gasteiger partial charge in [0.15, 0.2) is 0 Å². The van der Waals surface area contributed by atoms with Crippen molar-refractivity contribution in [3.63, 3.8) is 0 Å². The molecule has 3 aromatic carbocycles. The van der Waals surface area contributed by atoms with Crippen molar-refractivity contribution in [3.05, 3.63) is 118 Å². The van der Waals surface area contributed by atoms with Crippen LogP contribution in [0.4, 0.5) is 11.5 Å². The van der Waals surface area contributed by atoms with Crippen molar-refractivity contribution < 1.29 is 24.0 Å². The van der Waals surface area contributed by atoms with Crippen LogP contribution in [0.25, 0.3) is 11.0 Å². The number of carbonyl (C=O) groups excluding carboxylic acids is 2. The van der Waals surface area contributed by atoms with E-state index in [0.29, 0.717) is 43.8 Å². The standard InChI is InChI=1S/C36H35N7O6/c1-37-33-30(43(46)47)14-12-27(39-33)35(45)41-20-26-8-4-6-10-32(26)49-36(22-41)15-17-40(18-16-36)34(44)24-11-13-29-28(19-24)38-23-42(29)21-25-7-3-5-9-31(25)48-2/h3-14,19,23H,15-18,20-22H2,1-2H3,(H,37,39). The average Bonchev–Trinajstić information content (AvgIpc) is 3.45. The van der Waals surface area contributed by atoms with E-state index in [2.05, 4.69) is 15.3 Å². The molecule has 2 aliphatic heterocycles. The van der Waals surface area contributed by atoms with Gasteiger partial charge in [-0.05, 0) is 36.4 Å². The highest BCUT2D eigenvalue weighted by Gasteiger charge is 2.43. The molecule has 7 rings (SSSR count). The summed E-state index contributed by atoms with van der Waals surface area (Å²) in [6.45, 7) is 2.01. The summed E-state index contributed by atoms with van der Waals surface area (Å²) in [7, 11) is 3.18. The molecular formula is C36H35N7O6. The molecule has 250 valence electrons. The smallest absolute Gasteiger partial charge is 0.311 e. The van der Waals surface area contributed by atoms with Crippen LogP contribution in [0.2, 0.25) is 0 Å². The van der Waals surface area contributed by atoms with Crippen molar-refractivity contribution >= 4 is 34.4 Å². The largest absolute Gasteiger partial charge is 0.496 e. The zero-order valence-electron chi connectivity index (χ0n) is 27.2. The number of amides is 2. The number of nitro groups is 1. The summed E-state index contributed by atoms with van der Waals surface area (Å²) in [5, 5.41) is 14.1. The fourth-order valence-electron chi connectivity index (χ4n) is 6.72. The maximum Gasteiger partial charge on any atom is 0.311 e. The summed E-state index contributed by atoms with van der Waals surface area (Å²) in [6.07, 6.45) is 2.78. The number of benzene rings is 3. The summed E-state index contributed by atoms with van der Waals surface area (Å²) in [5.74, 6) is 1.07. The highest BCUT2D eigenvalue weighted by Crippen LogP contribution is 2.37. The molecule has 0 radical (unpaired) electrons. The normalized spacial score (nSPS) is 15.3. The molecule has 0 atom stereocenters. The van der Waals surface area contributed by atoms with Crippen molar-refractivity contribution in [2.24, 2.45) is 0 Å². The molecule has 1 spiro atoms. The molecule has 4 heterocycles. The molecule has 1 fully saturated rings. The third kappa shape index (κ3) is 6.10. The lowest BCUT2D eigenvalue weighted by Gasteiger charge is -2.42. The molecule has 0 aliphatic carbocycles. The van der Waals surface area contributed by atoms with Crippen LogP contribution in [0, 0.1) is 10.1 Å². The van der Waals surface area contributed by atoms with Gasteiger partial charge in [0.05, 0.1) is 42.5 Å². The quantitative estimate of drug-likeness (QED) is 0.185. The number of methoxy groups -OCH3 is 1. The minimum absolute atomic E-state index is 0.0187. The van der Waals surface area contributed by atoms with E-state index in [4.69, 9.17) is 9.47 Å². The van der Waals surface area contributed by atoms with Gasteiger partial charge in [-0.2, -0.15) is 0 Å². The van der Waals surface area contributed by atoms with E-state index in [9.17, 15) is 19.7 Å². The molecule has 49 heavy (non-hydrogen) atoms. The van der Waals surface area contributed by atoms with Crippen LogP contribution in [0.1, 0.15) is 44.8 Å². The van der Waals surface area contributed by atoms with Crippen LogP contribution < -0.4 is 14.8 Å². The number of nitrogens with zero attached hydrogens (tertiary/aromatic N) is 6. The van der Waals surface area contributed by atoms with Crippen LogP contribution in [-0.2, 0) is 13.1 Å². The van der Waals surface area contributed by atoms with Crippen molar-refractivity contribution in [1.29, 1.82) is 0 Å². The van der Waals surface area contributed by atoms with Crippen molar-refractivity contribution in [1.82, 2.24) is 24.3 Å². The van der Waals surface area contributed by atoms with Gasteiger partial charge in [0.1, 0.15) is 22.8 Å². The van der Waals surface area contributed by atoms with Gasteiger partial charge in [-0.15, -0.1) is 0 Å². The van der Waals surface area contributed by atoms with E-state index in [0.717, 1.165) is 27.9 Å². The number of hydrogen-bond acceptors (Lipinski definition) is 9. The lowest BCUT2D eigenvalue weighted by molar-refractivity contribution is -0.384. The van der Waals surface area contributed by atoms with Crippen molar-refractivity contribution in [2.75, 3.05) is 39.1 Å². The van der Waals surface area contributed by atoms with E-state index in [1.54, 1.807) is 18.3 Å². The van der Waals surface area contributed by atoms with E-state index >= 15 is 0 Å². The van der Waals surface area contributed by atoms with Crippen molar-refractivity contribution in [3.8, 4) is 11.5 Å². The van der Waals surface area contributed by atoms with E-state index in [1.807, 2.05) is 76.2 Å². The first-order valence-corrected chi connectivity index (χ1v) is 16.0. The zero-order chi connectivity index (χ0) is 34.1. The van der Waals surface area contributed by atoms with E-state index < -0.39 is 10.5 Å². The monoisotopic (exact) mass is 661 g/mol. The highest BCUT2D eigenvalue weighted by atomic mass is 16.6. The molecular weight excluding hydrogens is 626 g/mol. The molecule has 2 aromatic heterocycles. The average molecular weight is 662 g/mol. The van der Waals surface area contributed by atoms with Crippen LogP contribution in [0.15, 0.2) is 85.2 Å². The van der Waals surface area contributed by atoms with Gasteiger partial charge in [-0.1, -0.05) is 36.4 Å². The maximum absolute atomic E-state index is 13.9. The Morgan fingerprint density at radius 2 is 1.78 bits per heavy atom. The number of hydrogen-bond donors (Lipinski definition) is 1. The number of rotatable bonds is 7. The fraction of sp³-hybridized carbons (Fsp3) is 0.278. The number of nitrogens with one attached hydrogen (secondary N) is 1. The number of pyridine rings is 1. The van der Waals surface area contributed by atoms with E-state index in [1.165, 1.54) is 19.2 Å². The Kier molecular flexibility index (Phi) is 8.33. The predicted molar refractivity (Wildman–Crippen MR) is 182 cm³/mol.